The van der Waals surface area contributed by atoms with E-state index in [2.05, 4.69) is 10.3 Å². The summed E-state index contributed by atoms with van der Waals surface area (Å²) in [5, 5.41) is 3.74. The Morgan fingerprint density at radius 3 is 2.70 bits per heavy atom. The van der Waals surface area contributed by atoms with E-state index in [9.17, 15) is 9.18 Å². The predicted octanol–water partition coefficient (Wildman–Crippen LogP) is 2.99. The van der Waals surface area contributed by atoms with Crippen LogP contribution in [0.3, 0.4) is 0 Å². The molecule has 3 rings (SSSR count). The molecule has 126 valence electrons. The number of amides is 1. The number of nitrogens with zero attached hydrogens (tertiary/aromatic N) is 1. The van der Waals surface area contributed by atoms with Crippen LogP contribution in [-0.4, -0.2) is 23.5 Å². The Morgan fingerprint density at radius 2 is 2.09 bits per heavy atom. The van der Waals surface area contributed by atoms with Crippen molar-refractivity contribution >= 4 is 41.6 Å². The number of aromatic nitrogens is 1. The highest BCUT2D eigenvalue weighted by Gasteiger charge is 2.31. The lowest BCUT2D eigenvalue weighted by Gasteiger charge is -2.17. The number of carbonyl (C=O) groups excluding carboxylic acids is 1. The number of nitrogens with two attached hydrogens (primary N) is 1. The molecule has 1 saturated carbocycles. The monoisotopic (exact) mass is 359 g/mol. The zero-order valence-corrected chi connectivity index (χ0v) is 14.3. The Morgan fingerprint density at radius 1 is 1.39 bits per heavy atom. The van der Waals surface area contributed by atoms with Gasteiger partial charge in [0.15, 0.2) is 0 Å². The fourth-order valence-electron chi connectivity index (χ4n) is 2.58. The first-order valence-corrected chi connectivity index (χ1v) is 7.16. The van der Waals surface area contributed by atoms with Crippen molar-refractivity contribution in [3.63, 3.8) is 0 Å². The van der Waals surface area contributed by atoms with Gasteiger partial charge in [-0.1, -0.05) is 0 Å². The summed E-state index contributed by atoms with van der Waals surface area (Å²) in [6, 6.07) is 6.16. The van der Waals surface area contributed by atoms with Crippen LogP contribution in [0.4, 0.5) is 4.39 Å². The predicted molar refractivity (Wildman–Crippen MR) is 94.0 cm³/mol. The normalized spacial score (nSPS) is 14.6. The van der Waals surface area contributed by atoms with Crippen molar-refractivity contribution in [2.45, 2.75) is 25.8 Å². The van der Waals surface area contributed by atoms with Crippen molar-refractivity contribution in [3.8, 4) is 0 Å². The number of pyridine rings is 1. The molecule has 2 aromatic rings. The molecule has 3 N–H and O–H groups in total. The van der Waals surface area contributed by atoms with Gasteiger partial charge in [-0.3, -0.25) is 9.78 Å². The van der Waals surface area contributed by atoms with Crippen LogP contribution in [-0.2, 0) is 0 Å². The van der Waals surface area contributed by atoms with Crippen LogP contribution < -0.4 is 11.1 Å². The topological polar surface area (TPSA) is 68.0 Å². The first kappa shape index (κ1) is 19.6. The number of rotatable bonds is 4. The second-order valence-corrected chi connectivity index (χ2v) is 5.61. The lowest BCUT2D eigenvalue weighted by molar-refractivity contribution is 0.0932. The van der Waals surface area contributed by atoms with E-state index >= 15 is 0 Å². The number of aryl methyl sites for hydroxylation is 1. The summed E-state index contributed by atoms with van der Waals surface area (Å²) in [7, 11) is 0. The maximum absolute atomic E-state index is 13.2. The van der Waals surface area contributed by atoms with Crippen molar-refractivity contribution in [1.82, 2.24) is 10.3 Å². The van der Waals surface area contributed by atoms with Crippen molar-refractivity contribution in [2.24, 2.45) is 11.7 Å². The van der Waals surface area contributed by atoms with Crippen LogP contribution in [0.1, 0.15) is 28.9 Å². The molecule has 1 aromatic heterocycles. The molecular weight excluding hydrogens is 340 g/mol. The van der Waals surface area contributed by atoms with Gasteiger partial charge in [0.1, 0.15) is 5.82 Å². The molecule has 0 aliphatic heterocycles. The van der Waals surface area contributed by atoms with Gasteiger partial charge in [-0.2, -0.15) is 0 Å². The van der Waals surface area contributed by atoms with Gasteiger partial charge in [-0.05, 0) is 43.9 Å². The maximum atomic E-state index is 13.2. The third-order valence-corrected chi connectivity index (χ3v) is 3.98. The van der Waals surface area contributed by atoms with E-state index in [0.717, 1.165) is 18.2 Å². The number of nitrogens with one attached hydrogen (secondary N) is 1. The summed E-state index contributed by atoms with van der Waals surface area (Å²) in [5.74, 6) is 0.0128. The number of halogens is 3. The molecule has 1 aliphatic rings. The molecule has 1 atom stereocenters. The van der Waals surface area contributed by atoms with Crippen LogP contribution >= 0.6 is 24.8 Å². The van der Waals surface area contributed by atoms with Gasteiger partial charge in [-0.25, -0.2) is 4.39 Å². The fourth-order valence-corrected chi connectivity index (χ4v) is 2.58. The SMILES string of the molecule is Cc1nc2cc(F)ccc2cc1C(=O)NC(CN)C1CC1.Cl.Cl. The molecule has 0 radical (unpaired) electrons. The highest BCUT2D eigenvalue weighted by molar-refractivity contribution is 5.98. The molecule has 1 amide bonds. The first-order chi connectivity index (χ1) is 10.1. The summed E-state index contributed by atoms with van der Waals surface area (Å²) < 4.78 is 13.2. The largest absolute Gasteiger partial charge is 0.348 e. The van der Waals surface area contributed by atoms with Crippen LogP contribution in [0.25, 0.3) is 10.9 Å². The van der Waals surface area contributed by atoms with Gasteiger partial charge in [0.2, 0.25) is 0 Å². The average Bonchev–Trinajstić information content (AvgIpc) is 3.28. The second-order valence-electron chi connectivity index (χ2n) is 5.61. The third-order valence-electron chi connectivity index (χ3n) is 3.98. The minimum absolute atomic E-state index is 0. The van der Waals surface area contributed by atoms with Crippen molar-refractivity contribution < 1.29 is 9.18 Å². The Kier molecular flexibility index (Phi) is 6.74. The highest BCUT2D eigenvalue weighted by Crippen LogP contribution is 2.32. The van der Waals surface area contributed by atoms with Crippen LogP contribution in [0.5, 0.6) is 0 Å². The van der Waals surface area contributed by atoms with E-state index in [1.165, 1.54) is 12.1 Å². The molecule has 0 spiro atoms. The molecule has 0 bridgehead atoms. The minimum Gasteiger partial charge on any atom is -0.348 e. The van der Waals surface area contributed by atoms with Gasteiger partial charge >= 0.3 is 0 Å². The number of hydrogen-bond donors (Lipinski definition) is 2. The van der Waals surface area contributed by atoms with Gasteiger partial charge in [0.05, 0.1) is 16.8 Å². The average molecular weight is 360 g/mol. The van der Waals surface area contributed by atoms with Crippen molar-refractivity contribution in [3.05, 3.63) is 41.3 Å². The Labute approximate surface area is 146 Å². The van der Waals surface area contributed by atoms with E-state index in [-0.39, 0.29) is 42.6 Å². The summed E-state index contributed by atoms with van der Waals surface area (Å²) >= 11 is 0. The lowest BCUT2D eigenvalue weighted by atomic mass is 10.1. The van der Waals surface area contributed by atoms with Gasteiger partial charge in [0, 0.05) is 24.0 Å². The molecule has 4 nitrogen and oxygen atoms in total. The maximum Gasteiger partial charge on any atom is 0.253 e. The molecule has 1 aliphatic carbocycles. The molecular formula is C16H20Cl2FN3O. The van der Waals surface area contributed by atoms with E-state index in [1.54, 1.807) is 19.1 Å². The van der Waals surface area contributed by atoms with Crippen molar-refractivity contribution in [2.75, 3.05) is 6.54 Å². The molecule has 0 saturated heterocycles. The summed E-state index contributed by atoms with van der Waals surface area (Å²) in [5.41, 5.74) is 7.39. The first-order valence-electron chi connectivity index (χ1n) is 7.16. The Balaban J connectivity index is 0.00000132. The van der Waals surface area contributed by atoms with Gasteiger partial charge < -0.3 is 11.1 Å². The van der Waals surface area contributed by atoms with Crippen molar-refractivity contribution in [1.29, 1.82) is 0 Å². The smallest absolute Gasteiger partial charge is 0.253 e. The standard InChI is InChI=1S/C16H18FN3O.2ClH/c1-9-13(16(21)20-15(8-18)10-2-3-10)6-11-4-5-12(17)7-14(11)19-9;;/h4-7,10,15H,2-3,8,18H2,1H3,(H,20,21);2*1H. The summed E-state index contributed by atoms with van der Waals surface area (Å²) in [6.07, 6.45) is 2.24. The van der Waals surface area contributed by atoms with E-state index < -0.39 is 0 Å². The molecule has 7 heteroatoms. The number of hydrogen-bond acceptors (Lipinski definition) is 3. The minimum atomic E-state index is -0.330. The summed E-state index contributed by atoms with van der Waals surface area (Å²) in [6.45, 7) is 2.20. The van der Waals surface area contributed by atoms with E-state index in [0.29, 0.717) is 29.2 Å². The molecule has 1 aromatic carbocycles. The van der Waals surface area contributed by atoms with Crippen LogP contribution in [0.15, 0.2) is 24.3 Å². The van der Waals surface area contributed by atoms with Crippen LogP contribution in [0, 0.1) is 18.7 Å². The summed E-state index contributed by atoms with van der Waals surface area (Å²) in [4.78, 5) is 16.7. The molecule has 1 fully saturated rings. The Bertz CT molecular complexity index is 707. The zero-order chi connectivity index (χ0) is 15.0. The third kappa shape index (κ3) is 4.31. The number of benzene rings is 1. The van der Waals surface area contributed by atoms with Gasteiger partial charge in [0.25, 0.3) is 5.91 Å². The highest BCUT2D eigenvalue weighted by atomic mass is 35.5. The quantitative estimate of drug-likeness (QED) is 0.881. The second kappa shape index (κ2) is 7.90. The Hall–Kier alpha value is -1.43. The molecule has 23 heavy (non-hydrogen) atoms. The zero-order valence-electron chi connectivity index (χ0n) is 12.7. The van der Waals surface area contributed by atoms with Gasteiger partial charge in [-0.15, -0.1) is 24.8 Å². The lowest BCUT2D eigenvalue weighted by Crippen LogP contribution is -2.42. The van der Waals surface area contributed by atoms with Crippen LogP contribution in [0.2, 0.25) is 0 Å². The number of carbonyl (C=O) groups is 1. The van der Waals surface area contributed by atoms with E-state index in [1.807, 2.05) is 0 Å². The molecule has 1 heterocycles. The molecule has 1 unspecified atom stereocenters. The fraction of sp³-hybridized carbons (Fsp3) is 0.375. The number of fused-ring (bicyclic) bond motifs is 1. The van der Waals surface area contributed by atoms with E-state index in [4.69, 9.17) is 5.73 Å².